The van der Waals surface area contributed by atoms with Crippen molar-refractivity contribution in [2.45, 2.75) is 5.32 Å². The topological polar surface area (TPSA) is 40.9 Å². The maximum absolute atomic E-state index is 11.9. The number of rotatable bonds is 5. The maximum atomic E-state index is 11.9. The van der Waals surface area contributed by atoms with Crippen LogP contribution in [0.15, 0.2) is 60.7 Å². The van der Waals surface area contributed by atoms with Crippen molar-refractivity contribution in [3.8, 4) is 0 Å². The molecule has 0 aliphatic heterocycles. The summed E-state index contributed by atoms with van der Waals surface area (Å²) < 4.78 is 0.576. The second-order valence-electron chi connectivity index (χ2n) is 3.77. The molecule has 3 heteroatoms. The standard InChI is InChI=1S/C15H13NOSe/c16-15(13-9-5-2-6-10-13)18-11-14(17)12-7-3-1-4-8-12/h1-10,16H,11H2. The van der Waals surface area contributed by atoms with Gasteiger partial charge < -0.3 is 0 Å². The predicted molar refractivity (Wildman–Crippen MR) is 74.6 cm³/mol. The molecule has 0 saturated carbocycles. The van der Waals surface area contributed by atoms with Crippen LogP contribution < -0.4 is 0 Å². The van der Waals surface area contributed by atoms with Gasteiger partial charge in [0.25, 0.3) is 0 Å². The van der Waals surface area contributed by atoms with Gasteiger partial charge in [-0.05, 0) is 0 Å². The molecule has 0 saturated heterocycles. The summed E-state index contributed by atoms with van der Waals surface area (Å²) in [6.45, 7) is 0. The van der Waals surface area contributed by atoms with Crippen molar-refractivity contribution in [3.63, 3.8) is 0 Å². The fourth-order valence-corrected chi connectivity index (χ4v) is 3.08. The summed E-state index contributed by atoms with van der Waals surface area (Å²) in [5.74, 6) is 0.122. The summed E-state index contributed by atoms with van der Waals surface area (Å²) >= 11 is -0.103. The van der Waals surface area contributed by atoms with Gasteiger partial charge in [-0.1, -0.05) is 0 Å². The minimum atomic E-state index is -0.103. The third kappa shape index (κ3) is 3.39. The third-order valence-corrected chi connectivity index (χ3v) is 4.43. The van der Waals surface area contributed by atoms with E-state index in [1.807, 2.05) is 60.7 Å². The van der Waals surface area contributed by atoms with E-state index in [9.17, 15) is 4.79 Å². The van der Waals surface area contributed by atoms with Crippen molar-refractivity contribution < 1.29 is 4.79 Å². The van der Waals surface area contributed by atoms with Crippen LogP contribution in [0.3, 0.4) is 0 Å². The van der Waals surface area contributed by atoms with E-state index in [-0.39, 0.29) is 20.7 Å². The van der Waals surface area contributed by atoms with Crippen LogP contribution in [-0.2, 0) is 0 Å². The van der Waals surface area contributed by atoms with Crippen LogP contribution in [0.25, 0.3) is 0 Å². The van der Waals surface area contributed by atoms with Gasteiger partial charge in [-0.15, -0.1) is 0 Å². The number of nitrogens with one attached hydrogen (secondary N) is 1. The van der Waals surface area contributed by atoms with Gasteiger partial charge in [0.15, 0.2) is 0 Å². The van der Waals surface area contributed by atoms with Crippen molar-refractivity contribution in [1.29, 1.82) is 5.41 Å². The molecular weight excluding hydrogens is 289 g/mol. The average Bonchev–Trinajstić information content (AvgIpc) is 2.46. The average molecular weight is 302 g/mol. The summed E-state index contributed by atoms with van der Waals surface area (Å²) in [7, 11) is 0. The van der Waals surface area contributed by atoms with Crippen molar-refractivity contribution >= 4 is 25.4 Å². The van der Waals surface area contributed by atoms with Crippen LogP contribution in [0, 0.1) is 5.41 Å². The number of ketones is 1. The van der Waals surface area contributed by atoms with E-state index in [0.717, 1.165) is 11.1 Å². The quantitative estimate of drug-likeness (QED) is 0.515. The molecule has 2 aromatic rings. The van der Waals surface area contributed by atoms with E-state index in [1.54, 1.807) is 0 Å². The zero-order valence-electron chi connectivity index (χ0n) is 9.80. The van der Waals surface area contributed by atoms with E-state index < -0.39 is 0 Å². The van der Waals surface area contributed by atoms with Gasteiger partial charge in [0.1, 0.15) is 0 Å². The molecule has 90 valence electrons. The first-order valence-corrected chi connectivity index (χ1v) is 7.69. The Bertz CT molecular complexity index is 485. The molecule has 0 spiro atoms. The van der Waals surface area contributed by atoms with Crippen LogP contribution >= 0.6 is 0 Å². The van der Waals surface area contributed by atoms with Crippen LogP contribution in [0.5, 0.6) is 0 Å². The molecule has 2 aromatic carbocycles. The fourth-order valence-electron chi connectivity index (χ4n) is 1.52. The van der Waals surface area contributed by atoms with Crippen LogP contribution in [0.4, 0.5) is 0 Å². The van der Waals surface area contributed by atoms with Gasteiger partial charge in [0.05, 0.1) is 0 Å². The van der Waals surface area contributed by atoms with Gasteiger partial charge >= 0.3 is 113 Å². The first-order valence-electron chi connectivity index (χ1n) is 5.62. The number of hydrogen-bond donors (Lipinski definition) is 1. The zero-order chi connectivity index (χ0) is 12.8. The third-order valence-electron chi connectivity index (χ3n) is 2.48. The molecular formula is C15H13NOSe. The molecule has 18 heavy (non-hydrogen) atoms. The Kier molecular flexibility index (Phi) is 4.46. The van der Waals surface area contributed by atoms with E-state index in [2.05, 4.69) is 0 Å². The second-order valence-corrected chi connectivity index (χ2v) is 5.84. The molecule has 0 aliphatic rings. The molecule has 0 aliphatic carbocycles. The SMILES string of the molecule is N=C([Se]CC(=O)c1ccccc1)c1ccccc1. The molecule has 0 unspecified atom stereocenters. The Morgan fingerprint density at radius 1 is 0.889 bits per heavy atom. The van der Waals surface area contributed by atoms with E-state index in [0.29, 0.717) is 9.93 Å². The van der Waals surface area contributed by atoms with E-state index in [1.165, 1.54) is 0 Å². The number of carbonyl (C=O) groups excluding carboxylic acids is 1. The first kappa shape index (κ1) is 12.7. The minimum absolute atomic E-state index is 0.103. The number of hydrogen-bond acceptors (Lipinski definition) is 2. The van der Waals surface area contributed by atoms with Crippen LogP contribution in [0.1, 0.15) is 15.9 Å². The Hall–Kier alpha value is -1.70. The van der Waals surface area contributed by atoms with Gasteiger partial charge in [-0.2, -0.15) is 0 Å². The van der Waals surface area contributed by atoms with Crippen molar-refractivity contribution in [2.75, 3.05) is 0 Å². The summed E-state index contributed by atoms with van der Waals surface area (Å²) in [6, 6.07) is 18.9. The van der Waals surface area contributed by atoms with Gasteiger partial charge in [0.2, 0.25) is 0 Å². The number of benzene rings is 2. The first-order chi connectivity index (χ1) is 8.77. The Morgan fingerprint density at radius 3 is 1.94 bits per heavy atom. The molecule has 0 amide bonds. The van der Waals surface area contributed by atoms with Crippen molar-refractivity contribution in [2.24, 2.45) is 0 Å². The molecule has 0 heterocycles. The van der Waals surface area contributed by atoms with E-state index >= 15 is 0 Å². The van der Waals surface area contributed by atoms with Crippen LogP contribution in [0.2, 0.25) is 5.32 Å². The van der Waals surface area contributed by atoms with Crippen molar-refractivity contribution in [1.82, 2.24) is 0 Å². The van der Waals surface area contributed by atoms with Gasteiger partial charge in [0, 0.05) is 0 Å². The van der Waals surface area contributed by atoms with Crippen LogP contribution in [-0.4, -0.2) is 25.4 Å². The van der Waals surface area contributed by atoms with E-state index in [4.69, 9.17) is 5.41 Å². The predicted octanol–water partition coefficient (Wildman–Crippen LogP) is 3.02. The summed E-state index contributed by atoms with van der Waals surface area (Å²) in [6.07, 6.45) is 0. The number of carbonyl (C=O) groups is 1. The van der Waals surface area contributed by atoms with Gasteiger partial charge in [-0.25, -0.2) is 0 Å². The summed E-state index contributed by atoms with van der Waals surface area (Å²) in [4.78, 5) is 11.9. The molecule has 0 radical (unpaired) electrons. The molecule has 0 aromatic heterocycles. The molecule has 2 nitrogen and oxygen atoms in total. The molecule has 0 bridgehead atoms. The summed E-state index contributed by atoms with van der Waals surface area (Å²) in [5, 5.41) is 8.41. The second kappa shape index (κ2) is 6.29. The molecule has 0 fully saturated rings. The Labute approximate surface area is 113 Å². The van der Waals surface area contributed by atoms with Crippen molar-refractivity contribution in [3.05, 3.63) is 71.8 Å². The van der Waals surface area contributed by atoms with Gasteiger partial charge in [-0.3, -0.25) is 0 Å². The normalized spacial score (nSPS) is 10.0. The summed E-state index contributed by atoms with van der Waals surface area (Å²) in [5.41, 5.74) is 1.65. The molecule has 0 atom stereocenters. The zero-order valence-corrected chi connectivity index (χ0v) is 11.5. The fraction of sp³-hybridized carbons (Fsp3) is 0.0667. The molecule has 2 rings (SSSR count). The Balaban J connectivity index is 1.93. The molecule has 1 N–H and O–H groups in total. The Morgan fingerprint density at radius 2 is 1.39 bits per heavy atom. The monoisotopic (exact) mass is 303 g/mol. The number of Topliss-reactive ketones (excluding diaryl/α,β-unsaturated/α-hetero) is 1.